The van der Waals surface area contributed by atoms with Crippen LogP contribution in [-0.4, -0.2) is 4.98 Å². The number of hydrogen-bond donors (Lipinski definition) is 0. The van der Waals surface area contributed by atoms with Gasteiger partial charge in [-0.2, -0.15) is 0 Å². The summed E-state index contributed by atoms with van der Waals surface area (Å²) in [6, 6.07) is 4.29. The molecule has 1 heteroatoms. The molecule has 64 valence electrons. The fourth-order valence-corrected chi connectivity index (χ4v) is 2.08. The molecule has 1 heterocycles. The minimum Gasteiger partial charge on any atom is -0.265 e. The van der Waals surface area contributed by atoms with Gasteiger partial charge in [-0.25, -0.2) is 0 Å². The van der Waals surface area contributed by atoms with E-state index in [2.05, 4.69) is 31.0 Å². The third-order valence-corrected chi connectivity index (χ3v) is 3.29. The fraction of sp³-hybridized carbons (Fsp3) is 0.545. The van der Waals surface area contributed by atoms with Gasteiger partial charge in [0.15, 0.2) is 0 Å². The Morgan fingerprint density at radius 1 is 1.25 bits per heavy atom. The maximum atomic E-state index is 4.03. The third kappa shape index (κ3) is 1.13. The molecule has 3 unspecified atom stereocenters. The molecule has 0 radical (unpaired) electrons. The molecule has 0 saturated heterocycles. The van der Waals surface area contributed by atoms with E-state index in [9.17, 15) is 0 Å². The van der Waals surface area contributed by atoms with Gasteiger partial charge in [-0.05, 0) is 41.9 Å². The molecule has 1 aromatic heterocycles. The SMILES string of the molecule is CC1CC(c2ccncc2)C1C. The zero-order valence-corrected chi connectivity index (χ0v) is 7.70. The van der Waals surface area contributed by atoms with Crippen molar-refractivity contribution in [3.8, 4) is 0 Å². The van der Waals surface area contributed by atoms with Gasteiger partial charge >= 0.3 is 0 Å². The smallest absolute Gasteiger partial charge is 0.0270 e. The van der Waals surface area contributed by atoms with Crippen LogP contribution in [0.5, 0.6) is 0 Å². The van der Waals surface area contributed by atoms with Crippen molar-refractivity contribution in [2.75, 3.05) is 0 Å². The topological polar surface area (TPSA) is 12.9 Å². The average Bonchev–Trinajstić information content (AvgIpc) is 2.15. The largest absolute Gasteiger partial charge is 0.265 e. The molecule has 12 heavy (non-hydrogen) atoms. The Labute approximate surface area is 73.8 Å². The zero-order valence-electron chi connectivity index (χ0n) is 7.70. The van der Waals surface area contributed by atoms with Crippen molar-refractivity contribution in [1.82, 2.24) is 4.98 Å². The summed E-state index contributed by atoms with van der Waals surface area (Å²) in [5.41, 5.74) is 1.47. The van der Waals surface area contributed by atoms with Crippen molar-refractivity contribution < 1.29 is 0 Å². The summed E-state index contributed by atoms with van der Waals surface area (Å²) in [4.78, 5) is 4.03. The minimum absolute atomic E-state index is 0.794. The van der Waals surface area contributed by atoms with Crippen molar-refractivity contribution in [3.05, 3.63) is 30.1 Å². The second-order valence-electron chi connectivity index (χ2n) is 3.96. The van der Waals surface area contributed by atoms with E-state index < -0.39 is 0 Å². The number of rotatable bonds is 1. The third-order valence-electron chi connectivity index (χ3n) is 3.29. The monoisotopic (exact) mass is 161 g/mol. The van der Waals surface area contributed by atoms with Crippen LogP contribution in [-0.2, 0) is 0 Å². The molecule has 2 rings (SSSR count). The summed E-state index contributed by atoms with van der Waals surface area (Å²) < 4.78 is 0. The van der Waals surface area contributed by atoms with Crippen LogP contribution in [0.3, 0.4) is 0 Å². The molecule has 0 bridgehead atoms. The second kappa shape index (κ2) is 2.89. The molecular weight excluding hydrogens is 146 g/mol. The Bertz CT molecular complexity index is 255. The molecule has 1 aliphatic carbocycles. The van der Waals surface area contributed by atoms with Crippen LogP contribution in [0.1, 0.15) is 31.7 Å². The molecule has 1 saturated carbocycles. The second-order valence-corrected chi connectivity index (χ2v) is 3.96. The highest BCUT2D eigenvalue weighted by atomic mass is 14.6. The van der Waals surface area contributed by atoms with Crippen molar-refractivity contribution >= 4 is 0 Å². The molecule has 0 aliphatic heterocycles. The van der Waals surface area contributed by atoms with Gasteiger partial charge in [0, 0.05) is 12.4 Å². The molecule has 0 amide bonds. The fourth-order valence-electron chi connectivity index (χ4n) is 2.08. The maximum Gasteiger partial charge on any atom is 0.0270 e. The minimum atomic E-state index is 0.794. The molecule has 1 aromatic rings. The van der Waals surface area contributed by atoms with E-state index in [0.29, 0.717) is 0 Å². The van der Waals surface area contributed by atoms with Gasteiger partial charge in [-0.15, -0.1) is 0 Å². The van der Waals surface area contributed by atoms with E-state index in [-0.39, 0.29) is 0 Å². The first-order valence-corrected chi connectivity index (χ1v) is 4.69. The lowest BCUT2D eigenvalue weighted by molar-refractivity contribution is 0.169. The Kier molecular flexibility index (Phi) is 1.87. The maximum absolute atomic E-state index is 4.03. The van der Waals surface area contributed by atoms with E-state index in [0.717, 1.165) is 17.8 Å². The van der Waals surface area contributed by atoms with Crippen LogP contribution in [0.25, 0.3) is 0 Å². The van der Waals surface area contributed by atoms with E-state index in [4.69, 9.17) is 0 Å². The first-order valence-electron chi connectivity index (χ1n) is 4.69. The molecule has 0 spiro atoms. The van der Waals surface area contributed by atoms with Crippen molar-refractivity contribution in [1.29, 1.82) is 0 Å². The normalized spacial score (nSPS) is 34.3. The first-order chi connectivity index (χ1) is 5.79. The van der Waals surface area contributed by atoms with Crippen molar-refractivity contribution in [2.45, 2.75) is 26.2 Å². The molecule has 1 fully saturated rings. The molecular formula is C11H15N. The summed E-state index contributed by atoms with van der Waals surface area (Å²) in [5.74, 6) is 2.55. The van der Waals surface area contributed by atoms with Crippen LogP contribution < -0.4 is 0 Å². The van der Waals surface area contributed by atoms with E-state index in [1.807, 2.05) is 12.4 Å². The van der Waals surface area contributed by atoms with Crippen molar-refractivity contribution in [3.63, 3.8) is 0 Å². The van der Waals surface area contributed by atoms with Crippen molar-refractivity contribution in [2.24, 2.45) is 11.8 Å². The predicted molar refractivity (Wildman–Crippen MR) is 49.9 cm³/mol. The molecule has 0 N–H and O–H groups in total. The van der Waals surface area contributed by atoms with Crippen LogP contribution in [0.15, 0.2) is 24.5 Å². The quantitative estimate of drug-likeness (QED) is 0.617. The van der Waals surface area contributed by atoms with Crippen LogP contribution in [0.4, 0.5) is 0 Å². The van der Waals surface area contributed by atoms with E-state index >= 15 is 0 Å². The molecule has 1 nitrogen and oxygen atoms in total. The van der Waals surface area contributed by atoms with Gasteiger partial charge in [0.25, 0.3) is 0 Å². The van der Waals surface area contributed by atoms with Crippen LogP contribution in [0, 0.1) is 11.8 Å². The number of aromatic nitrogens is 1. The highest BCUT2D eigenvalue weighted by Gasteiger charge is 2.34. The number of nitrogens with zero attached hydrogens (tertiary/aromatic N) is 1. The zero-order chi connectivity index (χ0) is 8.55. The summed E-state index contributed by atoms with van der Waals surface area (Å²) in [5, 5.41) is 0. The lowest BCUT2D eigenvalue weighted by Crippen LogP contribution is -2.30. The highest BCUT2D eigenvalue weighted by molar-refractivity contribution is 5.20. The molecule has 1 aliphatic rings. The lowest BCUT2D eigenvalue weighted by atomic mass is 9.64. The van der Waals surface area contributed by atoms with Crippen LogP contribution >= 0.6 is 0 Å². The van der Waals surface area contributed by atoms with E-state index in [1.165, 1.54) is 12.0 Å². The van der Waals surface area contributed by atoms with Gasteiger partial charge in [-0.3, -0.25) is 4.98 Å². The lowest BCUT2D eigenvalue weighted by Gasteiger charge is -2.41. The van der Waals surface area contributed by atoms with Gasteiger partial charge in [0.1, 0.15) is 0 Å². The molecule has 3 atom stereocenters. The molecule has 0 aromatic carbocycles. The Morgan fingerprint density at radius 3 is 2.42 bits per heavy atom. The standard InChI is InChI=1S/C11H15N/c1-8-7-11(9(8)2)10-3-5-12-6-4-10/h3-6,8-9,11H,7H2,1-2H3. The number of pyridine rings is 1. The van der Waals surface area contributed by atoms with Gasteiger partial charge in [0.05, 0.1) is 0 Å². The Hall–Kier alpha value is -0.850. The number of hydrogen-bond acceptors (Lipinski definition) is 1. The van der Waals surface area contributed by atoms with Crippen LogP contribution in [0.2, 0.25) is 0 Å². The Morgan fingerprint density at radius 2 is 1.92 bits per heavy atom. The first kappa shape index (κ1) is 7.78. The van der Waals surface area contributed by atoms with E-state index in [1.54, 1.807) is 0 Å². The highest BCUT2D eigenvalue weighted by Crippen LogP contribution is 2.46. The average molecular weight is 161 g/mol. The summed E-state index contributed by atoms with van der Waals surface area (Å²) >= 11 is 0. The Balaban J connectivity index is 2.13. The summed E-state index contributed by atoms with van der Waals surface area (Å²) in [6.07, 6.45) is 5.14. The van der Waals surface area contributed by atoms with Gasteiger partial charge in [0.2, 0.25) is 0 Å². The predicted octanol–water partition coefficient (Wildman–Crippen LogP) is 2.84. The van der Waals surface area contributed by atoms with Gasteiger partial charge < -0.3 is 0 Å². The summed E-state index contributed by atoms with van der Waals surface area (Å²) in [7, 11) is 0. The van der Waals surface area contributed by atoms with Gasteiger partial charge in [-0.1, -0.05) is 13.8 Å². The summed E-state index contributed by atoms with van der Waals surface area (Å²) in [6.45, 7) is 4.68.